The number of hydrogen-bond acceptors (Lipinski definition) is 5. The van der Waals surface area contributed by atoms with Crippen LogP contribution in [0.15, 0.2) is 65.5 Å². The van der Waals surface area contributed by atoms with Crippen molar-refractivity contribution >= 4 is 23.2 Å². The molecule has 0 atom stereocenters. The molecule has 0 spiro atoms. The summed E-state index contributed by atoms with van der Waals surface area (Å²) in [6.07, 6.45) is 0. The van der Waals surface area contributed by atoms with E-state index < -0.39 is 10.8 Å². The van der Waals surface area contributed by atoms with E-state index in [2.05, 4.69) is 5.10 Å². The van der Waals surface area contributed by atoms with Gasteiger partial charge in [0.1, 0.15) is 5.69 Å². The van der Waals surface area contributed by atoms with Gasteiger partial charge in [-0.3, -0.25) is 19.7 Å². The monoisotopic (exact) mass is 398 g/mol. The van der Waals surface area contributed by atoms with Crippen molar-refractivity contribution in [3.05, 3.63) is 97.4 Å². The van der Waals surface area contributed by atoms with Crippen molar-refractivity contribution in [2.24, 2.45) is 0 Å². The second kappa shape index (κ2) is 8.01. The highest BCUT2D eigenvalue weighted by atomic mass is 35.5. The fourth-order valence-electron chi connectivity index (χ4n) is 2.60. The molecule has 0 aliphatic rings. The Morgan fingerprint density at radius 3 is 2.57 bits per heavy atom. The van der Waals surface area contributed by atoms with Crippen LogP contribution in [0.5, 0.6) is 0 Å². The zero-order chi connectivity index (χ0) is 20.3. The molecule has 142 valence electrons. The Kier molecular flexibility index (Phi) is 5.51. The van der Waals surface area contributed by atoms with Gasteiger partial charge >= 0.3 is 0 Å². The summed E-state index contributed by atoms with van der Waals surface area (Å²) in [5.41, 5.74) is 0.547. The fourth-order valence-corrected chi connectivity index (χ4v) is 2.78. The molecule has 1 heterocycles. The smallest absolute Gasteiger partial charge is 0.274 e. The van der Waals surface area contributed by atoms with E-state index in [4.69, 9.17) is 11.6 Å². The average Bonchev–Trinajstić information content (AvgIpc) is 2.70. The molecule has 0 radical (unpaired) electrons. The molecule has 0 bridgehead atoms. The second-order valence-corrected chi connectivity index (χ2v) is 6.41. The van der Waals surface area contributed by atoms with Crippen LogP contribution >= 0.6 is 11.6 Å². The number of amides is 1. The summed E-state index contributed by atoms with van der Waals surface area (Å²) in [5.74, 6) is -0.452. The topological polar surface area (TPSA) is 98.3 Å². The number of carbonyl (C=O) groups is 1. The van der Waals surface area contributed by atoms with Gasteiger partial charge in [0.05, 0.1) is 10.6 Å². The first kappa shape index (κ1) is 19.2. The molecule has 1 amide bonds. The third-order valence-corrected chi connectivity index (χ3v) is 4.38. The van der Waals surface area contributed by atoms with Gasteiger partial charge < -0.3 is 4.90 Å². The van der Waals surface area contributed by atoms with E-state index >= 15 is 0 Å². The zero-order valence-corrected chi connectivity index (χ0v) is 15.5. The number of hydrogen-bond donors (Lipinski definition) is 0. The minimum atomic E-state index is -0.529. The summed E-state index contributed by atoms with van der Waals surface area (Å²) in [6.45, 7) is 0.0471. The predicted octanol–water partition coefficient (Wildman–Crippen LogP) is 3.07. The lowest BCUT2D eigenvalue weighted by atomic mass is 10.2. The molecule has 2 aromatic carbocycles. The van der Waals surface area contributed by atoms with Gasteiger partial charge in [-0.2, -0.15) is 9.78 Å². The molecule has 0 saturated carbocycles. The van der Waals surface area contributed by atoms with Gasteiger partial charge in [0.15, 0.2) is 0 Å². The SMILES string of the molecule is CN(Cc1cc([N+](=O)[O-])ccc1Cl)C(=O)c1ccc(=O)n(-c2ccccc2)n1. The van der Waals surface area contributed by atoms with Crippen molar-refractivity contribution in [3.63, 3.8) is 0 Å². The van der Waals surface area contributed by atoms with E-state index in [-0.39, 0.29) is 23.5 Å². The zero-order valence-electron chi connectivity index (χ0n) is 14.8. The van der Waals surface area contributed by atoms with Gasteiger partial charge in [0.2, 0.25) is 0 Å². The molecular formula is C19H15ClN4O4. The van der Waals surface area contributed by atoms with Crippen molar-refractivity contribution < 1.29 is 9.72 Å². The molecule has 1 aromatic heterocycles. The second-order valence-electron chi connectivity index (χ2n) is 6.00. The maximum Gasteiger partial charge on any atom is 0.274 e. The van der Waals surface area contributed by atoms with Crippen molar-refractivity contribution in [1.82, 2.24) is 14.7 Å². The number of nitro groups is 1. The van der Waals surface area contributed by atoms with E-state index in [9.17, 15) is 19.7 Å². The van der Waals surface area contributed by atoms with Crippen LogP contribution in [-0.2, 0) is 6.54 Å². The van der Waals surface area contributed by atoms with Crippen LogP contribution in [-0.4, -0.2) is 32.6 Å². The van der Waals surface area contributed by atoms with Crippen LogP contribution in [0, 0.1) is 10.1 Å². The number of nitro benzene ring substituents is 1. The van der Waals surface area contributed by atoms with Gasteiger partial charge in [-0.1, -0.05) is 29.8 Å². The number of para-hydroxylation sites is 1. The number of non-ortho nitro benzene ring substituents is 1. The number of halogens is 1. The third kappa shape index (κ3) is 4.07. The Labute approximate surface area is 164 Å². The van der Waals surface area contributed by atoms with Gasteiger partial charge in [0, 0.05) is 36.8 Å². The number of aromatic nitrogens is 2. The van der Waals surface area contributed by atoms with Crippen molar-refractivity contribution in [1.29, 1.82) is 0 Å². The Balaban J connectivity index is 1.88. The van der Waals surface area contributed by atoms with Crippen LogP contribution in [0.1, 0.15) is 16.1 Å². The minimum Gasteiger partial charge on any atom is -0.336 e. The van der Waals surface area contributed by atoms with E-state index in [1.165, 1.54) is 42.3 Å². The summed E-state index contributed by atoms with van der Waals surface area (Å²) in [4.78, 5) is 36.6. The predicted molar refractivity (Wildman–Crippen MR) is 104 cm³/mol. The third-order valence-electron chi connectivity index (χ3n) is 4.01. The van der Waals surface area contributed by atoms with E-state index in [0.717, 1.165) is 4.68 Å². The lowest BCUT2D eigenvalue weighted by Crippen LogP contribution is -2.30. The molecule has 0 aliphatic heterocycles. The number of rotatable bonds is 5. The molecular weight excluding hydrogens is 384 g/mol. The van der Waals surface area contributed by atoms with E-state index in [1.807, 2.05) is 0 Å². The van der Waals surface area contributed by atoms with Gasteiger partial charge in [-0.15, -0.1) is 0 Å². The van der Waals surface area contributed by atoms with Crippen LogP contribution in [0.4, 0.5) is 5.69 Å². The highest BCUT2D eigenvalue weighted by molar-refractivity contribution is 6.31. The molecule has 0 saturated heterocycles. The van der Waals surface area contributed by atoms with Gasteiger partial charge in [0.25, 0.3) is 17.2 Å². The normalized spacial score (nSPS) is 10.5. The summed E-state index contributed by atoms with van der Waals surface area (Å²) in [6, 6.07) is 15.4. The van der Waals surface area contributed by atoms with E-state index in [1.54, 1.807) is 30.3 Å². The maximum absolute atomic E-state index is 12.7. The molecule has 0 fully saturated rings. The minimum absolute atomic E-state index is 0.0471. The average molecular weight is 399 g/mol. The fraction of sp³-hybridized carbons (Fsp3) is 0.105. The Morgan fingerprint density at radius 2 is 1.89 bits per heavy atom. The van der Waals surface area contributed by atoms with Crippen molar-refractivity contribution in [2.75, 3.05) is 7.05 Å². The summed E-state index contributed by atoms with van der Waals surface area (Å²) >= 11 is 6.10. The molecule has 0 aliphatic carbocycles. The molecule has 3 aromatic rings. The number of carbonyl (C=O) groups excluding carboxylic acids is 1. The van der Waals surface area contributed by atoms with Crippen LogP contribution in [0.25, 0.3) is 5.69 Å². The highest BCUT2D eigenvalue weighted by Crippen LogP contribution is 2.23. The highest BCUT2D eigenvalue weighted by Gasteiger charge is 2.18. The first-order valence-corrected chi connectivity index (χ1v) is 8.58. The number of nitrogens with zero attached hydrogens (tertiary/aromatic N) is 4. The summed E-state index contributed by atoms with van der Waals surface area (Å²) in [7, 11) is 1.52. The Morgan fingerprint density at radius 1 is 1.18 bits per heavy atom. The molecule has 0 unspecified atom stereocenters. The lowest BCUT2D eigenvalue weighted by molar-refractivity contribution is -0.384. The van der Waals surface area contributed by atoms with Crippen LogP contribution in [0.3, 0.4) is 0 Å². The quantitative estimate of drug-likeness (QED) is 0.486. The van der Waals surface area contributed by atoms with Crippen LogP contribution in [0.2, 0.25) is 5.02 Å². The molecule has 9 heteroatoms. The van der Waals surface area contributed by atoms with Gasteiger partial charge in [-0.05, 0) is 29.8 Å². The summed E-state index contributed by atoms with van der Waals surface area (Å²) in [5, 5.41) is 15.4. The maximum atomic E-state index is 12.7. The first-order valence-electron chi connectivity index (χ1n) is 8.21. The summed E-state index contributed by atoms with van der Waals surface area (Å²) < 4.78 is 1.14. The molecule has 0 N–H and O–H groups in total. The lowest BCUT2D eigenvalue weighted by Gasteiger charge is -2.18. The Hall–Kier alpha value is -3.52. The standard InChI is InChI=1S/C19H15ClN4O4/c1-22(12-13-11-15(24(27)28)7-8-16(13)20)19(26)17-9-10-18(25)23(21-17)14-5-3-2-4-6-14/h2-11H,12H2,1H3. The van der Waals surface area contributed by atoms with Crippen molar-refractivity contribution in [2.45, 2.75) is 6.54 Å². The molecule has 8 nitrogen and oxygen atoms in total. The molecule has 3 rings (SSSR count). The van der Waals surface area contributed by atoms with Crippen LogP contribution < -0.4 is 5.56 Å². The number of benzene rings is 2. The van der Waals surface area contributed by atoms with Gasteiger partial charge in [-0.25, -0.2) is 0 Å². The Bertz CT molecular complexity index is 1100. The molecule has 28 heavy (non-hydrogen) atoms. The van der Waals surface area contributed by atoms with E-state index in [0.29, 0.717) is 16.3 Å². The largest absolute Gasteiger partial charge is 0.336 e. The first-order chi connectivity index (χ1) is 13.4. The van der Waals surface area contributed by atoms with Crippen molar-refractivity contribution in [3.8, 4) is 5.69 Å².